The van der Waals surface area contributed by atoms with Gasteiger partial charge in [0.05, 0.1) is 0 Å². The zero-order chi connectivity index (χ0) is 12.1. The molecule has 0 heterocycles. The van der Waals surface area contributed by atoms with Crippen LogP contribution in [-0.2, 0) is 6.54 Å². The third kappa shape index (κ3) is 3.73. The van der Waals surface area contributed by atoms with Gasteiger partial charge in [-0.3, -0.25) is 0 Å². The minimum Gasteiger partial charge on any atom is -0.319 e. The van der Waals surface area contributed by atoms with Crippen molar-refractivity contribution in [2.45, 2.75) is 24.3 Å². The van der Waals surface area contributed by atoms with E-state index in [0.29, 0.717) is 5.41 Å². The second-order valence-electron chi connectivity index (χ2n) is 4.98. The van der Waals surface area contributed by atoms with Gasteiger partial charge in [0.15, 0.2) is 0 Å². The summed E-state index contributed by atoms with van der Waals surface area (Å²) >= 11 is 1.79. The third-order valence-corrected chi connectivity index (χ3v) is 4.24. The van der Waals surface area contributed by atoms with E-state index in [9.17, 15) is 0 Å². The van der Waals surface area contributed by atoms with E-state index in [1.165, 1.54) is 23.3 Å². The molecule has 0 amide bonds. The Kier molecular flexibility index (Phi) is 4.48. The Bertz CT molecular complexity index is 344. The predicted octanol–water partition coefficient (Wildman–Crippen LogP) is 2.50. The Morgan fingerprint density at radius 1 is 1.18 bits per heavy atom. The summed E-state index contributed by atoms with van der Waals surface area (Å²) in [6, 6.07) is 8.83. The molecule has 1 aliphatic carbocycles. The first-order valence-corrected chi connectivity index (χ1v) is 7.49. The number of rotatable bonds is 7. The zero-order valence-corrected chi connectivity index (χ0v) is 11.6. The topological polar surface area (TPSA) is 24.1 Å². The van der Waals surface area contributed by atoms with Gasteiger partial charge < -0.3 is 10.6 Å². The maximum atomic E-state index is 3.58. The molecule has 0 bridgehead atoms. The van der Waals surface area contributed by atoms with Crippen LogP contribution in [-0.4, -0.2) is 26.4 Å². The Morgan fingerprint density at radius 2 is 1.88 bits per heavy atom. The first kappa shape index (κ1) is 12.9. The van der Waals surface area contributed by atoms with Crippen LogP contribution in [0.2, 0.25) is 0 Å². The highest BCUT2D eigenvalue weighted by molar-refractivity contribution is 7.98. The maximum Gasteiger partial charge on any atom is 0.0205 e. The van der Waals surface area contributed by atoms with Gasteiger partial charge in [-0.1, -0.05) is 12.1 Å². The van der Waals surface area contributed by atoms with Crippen LogP contribution in [0.1, 0.15) is 18.4 Å². The molecular weight excluding hydrogens is 228 g/mol. The van der Waals surface area contributed by atoms with E-state index in [0.717, 1.165) is 19.6 Å². The van der Waals surface area contributed by atoms with E-state index in [-0.39, 0.29) is 0 Å². The lowest BCUT2D eigenvalue weighted by atomic mass is 10.1. The lowest BCUT2D eigenvalue weighted by Crippen LogP contribution is -2.30. The van der Waals surface area contributed by atoms with Crippen molar-refractivity contribution >= 4 is 11.8 Å². The number of hydrogen-bond acceptors (Lipinski definition) is 3. The number of thioether (sulfide) groups is 1. The molecular formula is C14H22N2S. The van der Waals surface area contributed by atoms with Crippen LogP contribution >= 0.6 is 11.8 Å². The smallest absolute Gasteiger partial charge is 0.0205 e. The van der Waals surface area contributed by atoms with Gasteiger partial charge in [0.25, 0.3) is 0 Å². The van der Waals surface area contributed by atoms with E-state index in [4.69, 9.17) is 0 Å². The first-order chi connectivity index (χ1) is 8.28. The molecule has 2 nitrogen and oxygen atoms in total. The van der Waals surface area contributed by atoms with Crippen LogP contribution in [0.3, 0.4) is 0 Å². The molecule has 0 aliphatic heterocycles. The maximum absolute atomic E-state index is 3.58. The van der Waals surface area contributed by atoms with Gasteiger partial charge in [0.2, 0.25) is 0 Å². The minimum atomic E-state index is 0.550. The van der Waals surface area contributed by atoms with Gasteiger partial charge in [-0.25, -0.2) is 0 Å². The first-order valence-electron chi connectivity index (χ1n) is 6.26. The highest BCUT2D eigenvalue weighted by atomic mass is 32.2. The fraction of sp³-hybridized carbons (Fsp3) is 0.571. The van der Waals surface area contributed by atoms with Crippen LogP contribution in [0.5, 0.6) is 0 Å². The molecule has 0 aromatic heterocycles. The Labute approximate surface area is 109 Å². The highest BCUT2D eigenvalue weighted by Gasteiger charge is 2.41. The fourth-order valence-corrected chi connectivity index (χ4v) is 2.59. The molecule has 0 unspecified atom stereocenters. The molecule has 1 saturated carbocycles. The summed E-state index contributed by atoms with van der Waals surface area (Å²) in [5.41, 5.74) is 1.93. The summed E-state index contributed by atoms with van der Waals surface area (Å²) in [6.45, 7) is 3.27. The van der Waals surface area contributed by atoms with Gasteiger partial charge in [-0.05, 0) is 49.3 Å². The summed E-state index contributed by atoms with van der Waals surface area (Å²) in [4.78, 5) is 1.34. The van der Waals surface area contributed by atoms with Gasteiger partial charge in [-0.15, -0.1) is 11.8 Å². The van der Waals surface area contributed by atoms with Crippen molar-refractivity contribution in [1.29, 1.82) is 0 Å². The summed E-state index contributed by atoms with van der Waals surface area (Å²) in [5, 5.41) is 6.87. The molecule has 17 heavy (non-hydrogen) atoms. The SMILES string of the molecule is CNCC1(CNCc2ccc(SC)cc2)CC1. The molecule has 3 heteroatoms. The average Bonchev–Trinajstić information content (AvgIpc) is 3.11. The summed E-state index contributed by atoms with van der Waals surface area (Å²) in [6.07, 6.45) is 4.85. The molecule has 0 radical (unpaired) electrons. The molecule has 2 N–H and O–H groups in total. The van der Waals surface area contributed by atoms with E-state index in [2.05, 4.69) is 41.2 Å². The number of hydrogen-bond donors (Lipinski definition) is 2. The van der Waals surface area contributed by atoms with Gasteiger partial charge in [0.1, 0.15) is 0 Å². The van der Waals surface area contributed by atoms with E-state index >= 15 is 0 Å². The summed E-state index contributed by atoms with van der Waals surface area (Å²) in [7, 11) is 2.04. The van der Waals surface area contributed by atoms with Crippen LogP contribution in [0, 0.1) is 5.41 Å². The quantitative estimate of drug-likeness (QED) is 0.727. The van der Waals surface area contributed by atoms with Crippen molar-refractivity contribution in [3.8, 4) is 0 Å². The monoisotopic (exact) mass is 250 g/mol. The Balaban J connectivity index is 1.74. The highest BCUT2D eigenvalue weighted by Crippen LogP contribution is 2.44. The summed E-state index contributed by atoms with van der Waals surface area (Å²) < 4.78 is 0. The molecule has 0 saturated heterocycles. The molecule has 1 aromatic carbocycles. The second-order valence-corrected chi connectivity index (χ2v) is 5.86. The van der Waals surface area contributed by atoms with Crippen LogP contribution in [0.15, 0.2) is 29.2 Å². The Hall–Kier alpha value is -0.510. The van der Waals surface area contributed by atoms with Crippen molar-refractivity contribution in [1.82, 2.24) is 10.6 Å². The number of benzene rings is 1. The van der Waals surface area contributed by atoms with Crippen molar-refractivity contribution in [3.63, 3.8) is 0 Å². The largest absolute Gasteiger partial charge is 0.319 e. The van der Waals surface area contributed by atoms with Crippen molar-refractivity contribution in [2.75, 3.05) is 26.4 Å². The van der Waals surface area contributed by atoms with E-state index in [1.54, 1.807) is 11.8 Å². The molecule has 1 fully saturated rings. The van der Waals surface area contributed by atoms with Gasteiger partial charge in [-0.2, -0.15) is 0 Å². The standard InChI is InChI=1S/C14H22N2S/c1-15-10-14(7-8-14)11-16-9-12-3-5-13(17-2)6-4-12/h3-6,15-16H,7-11H2,1-2H3. The Morgan fingerprint density at radius 3 is 2.41 bits per heavy atom. The number of nitrogens with one attached hydrogen (secondary N) is 2. The average molecular weight is 250 g/mol. The zero-order valence-electron chi connectivity index (χ0n) is 10.8. The van der Waals surface area contributed by atoms with Crippen LogP contribution < -0.4 is 10.6 Å². The van der Waals surface area contributed by atoms with Gasteiger partial charge >= 0.3 is 0 Å². The molecule has 1 aliphatic rings. The molecule has 94 valence electrons. The molecule has 0 atom stereocenters. The predicted molar refractivity (Wildman–Crippen MR) is 75.5 cm³/mol. The minimum absolute atomic E-state index is 0.550. The molecule has 0 spiro atoms. The van der Waals surface area contributed by atoms with E-state index < -0.39 is 0 Å². The summed E-state index contributed by atoms with van der Waals surface area (Å²) in [5.74, 6) is 0. The van der Waals surface area contributed by atoms with Gasteiger partial charge in [0, 0.05) is 24.5 Å². The lowest BCUT2D eigenvalue weighted by Gasteiger charge is -2.15. The normalized spacial score (nSPS) is 17.1. The lowest BCUT2D eigenvalue weighted by molar-refractivity contribution is 0.438. The third-order valence-electron chi connectivity index (χ3n) is 3.50. The second kappa shape index (κ2) is 5.89. The van der Waals surface area contributed by atoms with Crippen LogP contribution in [0.25, 0.3) is 0 Å². The fourth-order valence-electron chi connectivity index (χ4n) is 2.18. The molecule has 1 aromatic rings. The van der Waals surface area contributed by atoms with Crippen LogP contribution in [0.4, 0.5) is 0 Å². The van der Waals surface area contributed by atoms with Crippen molar-refractivity contribution in [3.05, 3.63) is 29.8 Å². The van der Waals surface area contributed by atoms with Crippen molar-refractivity contribution < 1.29 is 0 Å². The van der Waals surface area contributed by atoms with Crippen molar-refractivity contribution in [2.24, 2.45) is 5.41 Å². The van der Waals surface area contributed by atoms with E-state index in [1.807, 2.05) is 7.05 Å². The molecule has 2 rings (SSSR count).